The van der Waals surface area contributed by atoms with Gasteiger partial charge in [0.05, 0.1) is 32.6 Å². The number of hydrogen-bond acceptors (Lipinski definition) is 7. The van der Waals surface area contributed by atoms with Gasteiger partial charge < -0.3 is 9.87 Å². The average molecular weight is 527 g/mol. The van der Waals surface area contributed by atoms with Crippen LogP contribution in [-0.2, 0) is 36.7 Å². The second-order valence-corrected chi connectivity index (χ2v) is 10.3. The van der Waals surface area contributed by atoms with Crippen LogP contribution in [0.25, 0.3) is 0 Å². The van der Waals surface area contributed by atoms with Gasteiger partial charge in [-0.05, 0) is 36.2 Å². The number of piperidine rings is 1. The van der Waals surface area contributed by atoms with Crippen LogP contribution < -0.4 is 10.6 Å². The van der Waals surface area contributed by atoms with Gasteiger partial charge in [-0.1, -0.05) is 0 Å². The lowest BCUT2D eigenvalue weighted by molar-refractivity contribution is -0.138. The molecule has 0 saturated carbocycles. The van der Waals surface area contributed by atoms with Gasteiger partial charge in [-0.15, -0.1) is 4.21 Å². The molecule has 0 aromatic heterocycles. The Balaban J connectivity index is 1.68. The molecule has 14 heteroatoms. The molecule has 1 fully saturated rings. The number of amides is 4. The molecule has 2 aliphatic heterocycles. The number of hydrogen-bond donors (Lipinski definition) is 2. The number of imide groups is 2. The molecule has 1 saturated heterocycles. The summed E-state index contributed by atoms with van der Waals surface area (Å²) >= 11 is 0. The molecule has 2 atom stereocenters. The molecule has 36 heavy (non-hydrogen) atoms. The Morgan fingerprint density at radius 1 is 1.14 bits per heavy atom. The number of fused-ring (bicyclic) bond motifs is 1. The number of halogens is 4. The van der Waals surface area contributed by atoms with Crippen molar-refractivity contribution >= 4 is 39.5 Å². The molecule has 2 aromatic rings. The Hall–Kier alpha value is -3.65. The zero-order chi connectivity index (χ0) is 26.6. The second kappa shape index (κ2) is 8.78. The minimum Gasteiger partial charge on any atom is -0.610 e. The lowest BCUT2D eigenvalue weighted by Gasteiger charge is -2.27. The van der Waals surface area contributed by atoms with Crippen LogP contribution in [0.3, 0.4) is 0 Å². The number of carbonyl (C=O) groups excluding carboxylic acids is 4. The molecule has 2 aromatic carbocycles. The van der Waals surface area contributed by atoms with Gasteiger partial charge in [0.1, 0.15) is 18.1 Å². The standard InChI is InChI=1S/C22H17F4N3O6S/c1-36(34,35)12-7-10(6-11(8-12)22(24,25)26)9-27-18-14(23)3-2-13-17(18)21(33)29(20(13)32)15-4-5-16(30)28-19(15)31/h2-3,6-8,15H,4-5,9H2,1H3,(H2-,27,28,30,31,33,34,35). The highest BCUT2D eigenvalue weighted by atomic mass is 32.3. The van der Waals surface area contributed by atoms with Crippen LogP contribution in [0.2, 0.25) is 0 Å². The van der Waals surface area contributed by atoms with E-state index in [0.29, 0.717) is 17.0 Å². The minimum atomic E-state index is -4.86. The van der Waals surface area contributed by atoms with E-state index in [1.165, 1.54) is 0 Å². The molecule has 2 heterocycles. The predicted molar refractivity (Wildman–Crippen MR) is 115 cm³/mol. The third-order valence-electron chi connectivity index (χ3n) is 5.75. The number of carbonyl (C=O) groups is 4. The maximum absolute atomic E-state index is 14.7. The molecule has 2 aliphatic rings. The van der Waals surface area contributed by atoms with Crippen molar-refractivity contribution in [3.05, 3.63) is 58.4 Å². The molecule has 4 amide bonds. The van der Waals surface area contributed by atoms with Gasteiger partial charge in [0, 0.05) is 19.0 Å². The fraction of sp³-hybridized carbons (Fsp3) is 0.273. The summed E-state index contributed by atoms with van der Waals surface area (Å²) in [5.41, 5.74) is -2.59. The molecule has 0 aliphatic carbocycles. The third-order valence-corrected chi connectivity index (χ3v) is 6.84. The monoisotopic (exact) mass is 527 g/mol. The summed E-state index contributed by atoms with van der Waals surface area (Å²) in [6.07, 6.45) is -4.38. The highest BCUT2D eigenvalue weighted by Crippen LogP contribution is 2.36. The van der Waals surface area contributed by atoms with E-state index in [4.69, 9.17) is 0 Å². The summed E-state index contributed by atoms with van der Waals surface area (Å²) < 4.78 is 78.4. The highest BCUT2D eigenvalue weighted by Gasteiger charge is 2.46. The van der Waals surface area contributed by atoms with E-state index in [9.17, 15) is 45.5 Å². The van der Waals surface area contributed by atoms with Gasteiger partial charge in [0.25, 0.3) is 11.8 Å². The van der Waals surface area contributed by atoms with Gasteiger partial charge in [-0.25, -0.2) is 4.39 Å². The number of sulfone groups is 1. The Morgan fingerprint density at radius 2 is 1.83 bits per heavy atom. The zero-order valence-corrected chi connectivity index (χ0v) is 19.2. The lowest BCUT2D eigenvalue weighted by atomic mass is 10.0. The van der Waals surface area contributed by atoms with Gasteiger partial charge in [0.2, 0.25) is 11.8 Å². The first-order valence-electron chi connectivity index (χ1n) is 10.4. The van der Waals surface area contributed by atoms with Crippen molar-refractivity contribution in [1.29, 1.82) is 0 Å². The van der Waals surface area contributed by atoms with Crippen molar-refractivity contribution < 1.29 is 45.5 Å². The Kier molecular flexibility index (Phi) is 6.21. The second-order valence-electron chi connectivity index (χ2n) is 8.28. The number of alkyl halides is 3. The maximum atomic E-state index is 14.7. The van der Waals surface area contributed by atoms with Gasteiger partial charge in [-0.3, -0.25) is 29.4 Å². The van der Waals surface area contributed by atoms with E-state index in [2.05, 4.69) is 5.32 Å². The van der Waals surface area contributed by atoms with E-state index < -0.39 is 80.1 Å². The number of rotatable bonds is 5. The van der Waals surface area contributed by atoms with E-state index in [1.807, 2.05) is 5.32 Å². The van der Waals surface area contributed by atoms with E-state index in [0.717, 1.165) is 24.5 Å². The average Bonchev–Trinajstić information content (AvgIpc) is 3.02. The van der Waals surface area contributed by atoms with Gasteiger partial charge in [-0.2, -0.15) is 13.2 Å². The van der Waals surface area contributed by atoms with Gasteiger partial charge >= 0.3 is 6.18 Å². The number of nitrogens with zero attached hydrogens (tertiary/aromatic N) is 1. The van der Waals surface area contributed by atoms with Crippen molar-refractivity contribution in [1.82, 2.24) is 10.2 Å². The number of benzene rings is 2. The summed E-state index contributed by atoms with van der Waals surface area (Å²) in [6.45, 7) is -0.528. The first-order chi connectivity index (χ1) is 16.7. The van der Waals surface area contributed by atoms with Crippen LogP contribution in [0.15, 0.2) is 35.2 Å². The van der Waals surface area contributed by atoms with Crippen LogP contribution in [0.1, 0.15) is 44.7 Å². The molecular weight excluding hydrogens is 510 g/mol. The van der Waals surface area contributed by atoms with E-state index in [1.54, 1.807) is 0 Å². The molecular formula is C22H17F4N3O6S. The molecule has 2 N–H and O–H groups in total. The normalized spacial score (nSPS) is 19.7. The summed E-state index contributed by atoms with van der Waals surface area (Å²) in [5, 5.41) is 4.52. The fourth-order valence-corrected chi connectivity index (χ4v) is 4.74. The maximum Gasteiger partial charge on any atom is 0.416 e. The van der Waals surface area contributed by atoms with Crippen molar-refractivity contribution in [3.63, 3.8) is 0 Å². The Morgan fingerprint density at radius 3 is 2.44 bits per heavy atom. The lowest BCUT2D eigenvalue weighted by Crippen LogP contribution is -2.54. The first kappa shape index (κ1) is 25.4. The molecule has 0 bridgehead atoms. The first-order valence-corrected chi connectivity index (χ1v) is 12.3. The third kappa shape index (κ3) is 4.60. The number of nitrogens with one attached hydrogen (secondary N) is 2. The molecule has 4 rings (SSSR count). The van der Waals surface area contributed by atoms with Crippen molar-refractivity contribution in [3.8, 4) is 0 Å². The SMILES string of the molecule is C[S+](=O)([O-])c1cc(CNc2c(F)ccc3c2C(=O)N(C2CCC(=O)NC2=O)C3=O)cc(C(F)(F)F)c1. The van der Waals surface area contributed by atoms with Crippen LogP contribution in [0, 0.1) is 5.82 Å². The van der Waals surface area contributed by atoms with Gasteiger partial charge in [0.15, 0.2) is 4.90 Å². The van der Waals surface area contributed by atoms with Crippen LogP contribution in [0.4, 0.5) is 23.2 Å². The Labute approximate surface area is 202 Å². The molecule has 0 radical (unpaired) electrons. The summed E-state index contributed by atoms with van der Waals surface area (Å²) in [6, 6.07) is 2.72. The van der Waals surface area contributed by atoms with Crippen molar-refractivity contribution in [2.45, 2.75) is 36.5 Å². The van der Waals surface area contributed by atoms with E-state index in [-0.39, 0.29) is 24.0 Å². The van der Waals surface area contributed by atoms with E-state index >= 15 is 0 Å². The fourth-order valence-electron chi connectivity index (χ4n) is 4.04. The van der Waals surface area contributed by atoms with Crippen molar-refractivity contribution in [2.24, 2.45) is 0 Å². The smallest absolute Gasteiger partial charge is 0.416 e. The van der Waals surface area contributed by atoms with Crippen LogP contribution in [-0.4, -0.2) is 45.4 Å². The van der Waals surface area contributed by atoms with Crippen LogP contribution in [0.5, 0.6) is 0 Å². The largest absolute Gasteiger partial charge is 0.610 e. The number of anilines is 1. The molecule has 2 unspecified atom stereocenters. The quantitative estimate of drug-likeness (QED) is 0.346. The summed E-state index contributed by atoms with van der Waals surface area (Å²) in [7, 11) is -4.02. The predicted octanol–water partition coefficient (Wildman–Crippen LogP) is 2.48. The summed E-state index contributed by atoms with van der Waals surface area (Å²) in [5.74, 6) is -4.36. The summed E-state index contributed by atoms with van der Waals surface area (Å²) in [4.78, 5) is 49.6. The molecule has 190 valence electrons. The highest BCUT2D eigenvalue weighted by molar-refractivity contribution is 7.97. The van der Waals surface area contributed by atoms with Crippen molar-refractivity contribution in [2.75, 3.05) is 11.6 Å². The van der Waals surface area contributed by atoms with Crippen LogP contribution >= 0.6 is 0 Å². The minimum absolute atomic E-state index is 0.124. The zero-order valence-electron chi connectivity index (χ0n) is 18.4. The topological polar surface area (TPSA) is 136 Å². The Bertz CT molecular complexity index is 1370. The molecule has 0 spiro atoms. The molecule has 9 nitrogen and oxygen atoms in total.